The third kappa shape index (κ3) is 4.19. The molecule has 1 aliphatic heterocycles. The van der Waals surface area contributed by atoms with Crippen molar-refractivity contribution in [2.75, 3.05) is 7.11 Å². The predicted molar refractivity (Wildman–Crippen MR) is 115 cm³/mol. The molecule has 0 spiro atoms. The van der Waals surface area contributed by atoms with Gasteiger partial charge in [0.1, 0.15) is 23.7 Å². The second-order valence-electron chi connectivity index (χ2n) is 7.76. The van der Waals surface area contributed by atoms with E-state index in [-0.39, 0.29) is 17.2 Å². The number of nitrogens with two attached hydrogens (primary N) is 1. The fourth-order valence-corrected chi connectivity index (χ4v) is 4.01. The van der Waals surface area contributed by atoms with E-state index in [0.29, 0.717) is 43.0 Å². The lowest BCUT2D eigenvalue weighted by Gasteiger charge is -2.32. The Morgan fingerprint density at radius 2 is 1.81 bits per heavy atom. The number of methoxy groups -OCH3 is 1. The van der Waals surface area contributed by atoms with Crippen LogP contribution in [0.4, 0.5) is 0 Å². The zero-order valence-electron chi connectivity index (χ0n) is 17.6. The molecule has 0 saturated carbocycles. The van der Waals surface area contributed by atoms with Gasteiger partial charge in [-0.15, -0.1) is 0 Å². The molecule has 2 aromatic carbocycles. The molecule has 1 atom stereocenters. The third-order valence-corrected chi connectivity index (χ3v) is 5.63. The molecule has 0 aromatic heterocycles. The fraction of sp³-hybridized carbons (Fsp3) is 0.280. The summed E-state index contributed by atoms with van der Waals surface area (Å²) >= 11 is 0. The maximum atomic E-state index is 12.7. The van der Waals surface area contributed by atoms with Gasteiger partial charge in [-0.05, 0) is 36.6 Å². The summed E-state index contributed by atoms with van der Waals surface area (Å²) in [6.45, 7) is 2.49. The summed E-state index contributed by atoms with van der Waals surface area (Å²) in [6.07, 6.45) is 1.74. The van der Waals surface area contributed by atoms with Crippen LogP contribution in [0.1, 0.15) is 41.9 Å². The van der Waals surface area contributed by atoms with Crippen LogP contribution in [0.3, 0.4) is 0 Å². The number of ketones is 1. The molecule has 0 amide bonds. The summed E-state index contributed by atoms with van der Waals surface area (Å²) in [5.74, 6) is -0.0182. The van der Waals surface area contributed by atoms with Crippen molar-refractivity contribution in [3.63, 3.8) is 0 Å². The summed E-state index contributed by atoms with van der Waals surface area (Å²) in [4.78, 5) is 25.2. The Morgan fingerprint density at radius 3 is 2.48 bits per heavy atom. The van der Waals surface area contributed by atoms with Crippen LogP contribution in [0, 0.1) is 6.92 Å². The van der Waals surface area contributed by atoms with Crippen LogP contribution < -0.4 is 10.5 Å². The lowest BCUT2D eigenvalue weighted by Crippen LogP contribution is -2.31. The highest BCUT2D eigenvalue weighted by Gasteiger charge is 2.41. The van der Waals surface area contributed by atoms with Gasteiger partial charge in [0.25, 0.3) is 0 Å². The Labute approximate surface area is 181 Å². The first-order valence-electron chi connectivity index (χ1n) is 10.3. The first-order chi connectivity index (χ1) is 15.0. The maximum Gasteiger partial charge on any atom is 0.340 e. The van der Waals surface area contributed by atoms with Crippen molar-refractivity contribution in [2.24, 2.45) is 5.73 Å². The van der Waals surface area contributed by atoms with Gasteiger partial charge >= 0.3 is 5.97 Å². The number of hydrogen-bond donors (Lipinski definition) is 1. The number of ether oxygens (including phenoxy) is 3. The van der Waals surface area contributed by atoms with E-state index in [9.17, 15) is 9.59 Å². The van der Waals surface area contributed by atoms with Crippen LogP contribution in [0.5, 0.6) is 5.75 Å². The van der Waals surface area contributed by atoms with Gasteiger partial charge in [-0.3, -0.25) is 4.79 Å². The first-order valence-corrected chi connectivity index (χ1v) is 10.3. The van der Waals surface area contributed by atoms with E-state index in [1.165, 1.54) is 12.7 Å². The summed E-state index contributed by atoms with van der Waals surface area (Å²) in [5, 5.41) is 0. The quantitative estimate of drug-likeness (QED) is 0.736. The average Bonchev–Trinajstić information content (AvgIpc) is 2.78. The molecule has 31 heavy (non-hydrogen) atoms. The molecule has 160 valence electrons. The highest BCUT2D eigenvalue weighted by atomic mass is 16.5. The number of benzene rings is 2. The van der Waals surface area contributed by atoms with Crippen LogP contribution in [0.25, 0.3) is 0 Å². The minimum absolute atomic E-state index is 0.00926. The minimum atomic E-state index is -0.616. The summed E-state index contributed by atoms with van der Waals surface area (Å²) in [7, 11) is 1.29. The van der Waals surface area contributed by atoms with E-state index in [4.69, 9.17) is 19.9 Å². The summed E-state index contributed by atoms with van der Waals surface area (Å²) < 4.78 is 16.5. The topological polar surface area (TPSA) is 87.9 Å². The highest BCUT2D eigenvalue weighted by Crippen LogP contribution is 2.44. The molecule has 0 unspecified atom stereocenters. The van der Waals surface area contributed by atoms with Crippen molar-refractivity contribution in [2.45, 2.75) is 38.7 Å². The lowest BCUT2D eigenvalue weighted by molar-refractivity contribution is -0.136. The highest BCUT2D eigenvalue weighted by molar-refractivity contribution is 6.03. The second kappa shape index (κ2) is 8.68. The number of allylic oxidation sites excluding steroid dienone is 2. The average molecular weight is 419 g/mol. The lowest BCUT2D eigenvalue weighted by atomic mass is 9.77. The van der Waals surface area contributed by atoms with Gasteiger partial charge in [0, 0.05) is 18.4 Å². The Bertz CT molecular complexity index is 1060. The SMILES string of the molecule is COC(=O)C1=C(N)OC2=C(C(=O)CCC2)[C@@H]1c1ccc(OCc2ccc(C)cc2)cc1. The van der Waals surface area contributed by atoms with Gasteiger partial charge in [0.15, 0.2) is 5.78 Å². The largest absolute Gasteiger partial charge is 0.489 e. The molecule has 2 aliphatic rings. The van der Waals surface area contributed by atoms with Crippen molar-refractivity contribution in [3.05, 3.63) is 88.0 Å². The molecule has 0 fully saturated rings. The molecular weight excluding hydrogens is 394 g/mol. The van der Waals surface area contributed by atoms with Gasteiger partial charge in [-0.1, -0.05) is 42.0 Å². The van der Waals surface area contributed by atoms with E-state index < -0.39 is 11.9 Å². The molecule has 0 radical (unpaired) electrons. The molecule has 0 bridgehead atoms. The van der Waals surface area contributed by atoms with Crippen LogP contribution in [-0.4, -0.2) is 18.9 Å². The van der Waals surface area contributed by atoms with E-state index in [1.54, 1.807) is 0 Å². The minimum Gasteiger partial charge on any atom is -0.489 e. The van der Waals surface area contributed by atoms with Crippen molar-refractivity contribution < 1.29 is 23.8 Å². The van der Waals surface area contributed by atoms with Gasteiger partial charge in [0.2, 0.25) is 5.88 Å². The molecule has 2 aromatic rings. The van der Waals surface area contributed by atoms with Crippen LogP contribution in [0.2, 0.25) is 0 Å². The van der Waals surface area contributed by atoms with Crippen LogP contribution in [0.15, 0.2) is 71.3 Å². The maximum absolute atomic E-state index is 12.7. The summed E-state index contributed by atoms with van der Waals surface area (Å²) in [6, 6.07) is 15.5. The number of carbonyl (C=O) groups excluding carboxylic acids is 2. The number of hydrogen-bond acceptors (Lipinski definition) is 6. The molecule has 6 heteroatoms. The van der Waals surface area contributed by atoms with Crippen molar-refractivity contribution in [1.82, 2.24) is 0 Å². The number of carbonyl (C=O) groups is 2. The molecular formula is C25H25NO5. The zero-order valence-corrected chi connectivity index (χ0v) is 17.6. The van der Waals surface area contributed by atoms with Crippen molar-refractivity contribution in [1.29, 1.82) is 0 Å². The second-order valence-corrected chi connectivity index (χ2v) is 7.76. The van der Waals surface area contributed by atoms with Crippen molar-refractivity contribution in [3.8, 4) is 5.75 Å². The van der Waals surface area contributed by atoms with E-state index in [1.807, 2.05) is 55.5 Å². The number of rotatable bonds is 5. The van der Waals surface area contributed by atoms with E-state index in [0.717, 1.165) is 11.1 Å². The van der Waals surface area contributed by atoms with E-state index in [2.05, 4.69) is 0 Å². The molecule has 0 saturated heterocycles. The summed E-state index contributed by atoms with van der Waals surface area (Å²) in [5.41, 5.74) is 9.76. The number of esters is 1. The van der Waals surface area contributed by atoms with Gasteiger partial charge in [-0.25, -0.2) is 4.79 Å². The Balaban J connectivity index is 1.62. The molecule has 2 N–H and O–H groups in total. The first kappa shape index (κ1) is 20.7. The predicted octanol–water partition coefficient (Wildman–Crippen LogP) is 4.04. The third-order valence-electron chi connectivity index (χ3n) is 5.63. The Kier molecular flexibility index (Phi) is 5.80. The van der Waals surface area contributed by atoms with Crippen LogP contribution >= 0.6 is 0 Å². The van der Waals surface area contributed by atoms with Gasteiger partial charge in [0.05, 0.1) is 13.0 Å². The Hall–Kier alpha value is -3.54. The zero-order chi connectivity index (χ0) is 22.0. The smallest absolute Gasteiger partial charge is 0.340 e. The molecule has 1 heterocycles. The Morgan fingerprint density at radius 1 is 1.10 bits per heavy atom. The molecule has 1 aliphatic carbocycles. The van der Waals surface area contributed by atoms with Crippen molar-refractivity contribution >= 4 is 11.8 Å². The fourth-order valence-electron chi connectivity index (χ4n) is 4.01. The molecule has 6 nitrogen and oxygen atoms in total. The van der Waals surface area contributed by atoms with Gasteiger partial charge < -0.3 is 19.9 Å². The monoisotopic (exact) mass is 419 g/mol. The number of aryl methyl sites for hydroxylation is 1. The van der Waals surface area contributed by atoms with Gasteiger partial charge in [-0.2, -0.15) is 0 Å². The standard InChI is InChI=1S/C25H25NO5/c1-15-6-8-16(9-7-15)14-30-18-12-10-17(11-13-18)21-22-19(27)4-3-5-20(22)31-24(26)23(21)25(28)29-2/h6-13,21H,3-5,14,26H2,1-2H3/t21-/m0/s1. The number of Topliss-reactive ketones (excluding diaryl/α,β-unsaturated/α-hetero) is 1. The van der Waals surface area contributed by atoms with E-state index >= 15 is 0 Å². The normalized spacial score (nSPS) is 18.4. The molecule has 4 rings (SSSR count). The van der Waals surface area contributed by atoms with Crippen LogP contribution in [-0.2, 0) is 25.7 Å².